The smallest absolute Gasteiger partial charge is 0.195 e. The van der Waals surface area contributed by atoms with E-state index in [9.17, 15) is 4.79 Å². The molecule has 41 heavy (non-hydrogen) atoms. The molecular formula is C39H32OS. The molecule has 0 spiro atoms. The van der Waals surface area contributed by atoms with Crippen molar-refractivity contribution in [1.29, 1.82) is 0 Å². The summed E-state index contributed by atoms with van der Waals surface area (Å²) < 4.78 is 0.950. The van der Waals surface area contributed by atoms with Gasteiger partial charge in [-0.2, -0.15) is 0 Å². The van der Waals surface area contributed by atoms with Gasteiger partial charge in [0.1, 0.15) is 0 Å². The van der Waals surface area contributed by atoms with Gasteiger partial charge in [-0.15, -0.1) is 11.3 Å². The molecule has 1 aliphatic carbocycles. The van der Waals surface area contributed by atoms with Crippen LogP contribution in [0.1, 0.15) is 42.3 Å². The third-order valence-electron chi connectivity index (χ3n) is 8.60. The number of fused-ring (bicyclic) bond motifs is 2. The highest BCUT2D eigenvalue weighted by Crippen LogP contribution is 2.47. The Kier molecular flexibility index (Phi) is 6.60. The molecule has 0 radical (unpaired) electrons. The Morgan fingerprint density at radius 2 is 1.24 bits per heavy atom. The van der Waals surface area contributed by atoms with Gasteiger partial charge < -0.3 is 0 Å². The number of hydrogen-bond donors (Lipinski definition) is 0. The van der Waals surface area contributed by atoms with Gasteiger partial charge in [0, 0.05) is 25.9 Å². The molecule has 4 aromatic carbocycles. The van der Waals surface area contributed by atoms with Crippen molar-refractivity contribution >= 4 is 39.1 Å². The van der Waals surface area contributed by atoms with Crippen molar-refractivity contribution in [3.63, 3.8) is 0 Å². The zero-order valence-corrected chi connectivity index (χ0v) is 24.6. The Morgan fingerprint density at radius 1 is 0.683 bits per heavy atom. The second kappa shape index (κ2) is 10.1. The Bertz CT molecular complexity index is 2000. The average molecular weight is 549 g/mol. The number of allylic oxidation sites excluding steroid dienone is 3. The Hall–Kier alpha value is -4.53. The highest BCUT2D eigenvalue weighted by atomic mass is 32.1. The summed E-state index contributed by atoms with van der Waals surface area (Å²) in [4.78, 5) is 14.1. The van der Waals surface area contributed by atoms with Gasteiger partial charge in [0.2, 0.25) is 0 Å². The van der Waals surface area contributed by atoms with Crippen molar-refractivity contribution in [2.75, 3.05) is 0 Å². The van der Waals surface area contributed by atoms with E-state index in [1.807, 2.05) is 18.2 Å². The summed E-state index contributed by atoms with van der Waals surface area (Å²) in [5.41, 5.74) is 12.6. The van der Waals surface area contributed by atoms with Crippen molar-refractivity contribution in [3.05, 3.63) is 148 Å². The lowest BCUT2D eigenvalue weighted by Gasteiger charge is -2.23. The molecule has 5 aromatic rings. The van der Waals surface area contributed by atoms with Gasteiger partial charge in [0.05, 0.1) is 0 Å². The van der Waals surface area contributed by atoms with E-state index >= 15 is 0 Å². The summed E-state index contributed by atoms with van der Waals surface area (Å²) in [5.74, 6) is 0. The molecule has 0 amide bonds. The molecule has 0 saturated heterocycles. The van der Waals surface area contributed by atoms with Gasteiger partial charge >= 0.3 is 0 Å². The van der Waals surface area contributed by atoms with Crippen LogP contribution in [-0.2, 0) is 5.41 Å². The summed E-state index contributed by atoms with van der Waals surface area (Å²) in [6.45, 7) is 18.6. The molecule has 1 aromatic heterocycles. The molecule has 0 aliphatic heterocycles. The fraction of sp³-hybridized carbons (Fsp3) is 0.103. The third kappa shape index (κ3) is 4.36. The second-order valence-corrected chi connectivity index (χ2v) is 12.2. The zero-order valence-electron chi connectivity index (χ0n) is 23.8. The van der Waals surface area contributed by atoms with E-state index in [0.717, 1.165) is 31.8 Å². The highest BCUT2D eigenvalue weighted by molar-refractivity contribution is 7.19. The summed E-state index contributed by atoms with van der Waals surface area (Å²) in [6, 6.07) is 30.2. The van der Waals surface area contributed by atoms with Crippen LogP contribution in [0.2, 0.25) is 0 Å². The first-order valence-corrected chi connectivity index (χ1v) is 14.6. The average Bonchev–Trinajstić information content (AvgIpc) is 3.20. The van der Waals surface area contributed by atoms with E-state index in [0.29, 0.717) is 10.9 Å². The van der Waals surface area contributed by atoms with E-state index in [4.69, 9.17) is 0 Å². The van der Waals surface area contributed by atoms with Gasteiger partial charge in [-0.05, 0) is 87.3 Å². The molecule has 200 valence electrons. The molecule has 1 heterocycles. The molecule has 0 unspecified atom stereocenters. The predicted molar refractivity (Wildman–Crippen MR) is 180 cm³/mol. The van der Waals surface area contributed by atoms with Crippen molar-refractivity contribution in [1.82, 2.24) is 0 Å². The molecule has 0 atom stereocenters. The van der Waals surface area contributed by atoms with Crippen LogP contribution in [0.4, 0.5) is 0 Å². The van der Waals surface area contributed by atoms with Crippen LogP contribution in [0.3, 0.4) is 0 Å². The molecule has 0 bridgehead atoms. The largest absolute Gasteiger partial charge is 0.289 e. The van der Waals surface area contributed by atoms with Crippen LogP contribution < -0.4 is 5.43 Å². The van der Waals surface area contributed by atoms with Crippen molar-refractivity contribution < 1.29 is 0 Å². The van der Waals surface area contributed by atoms with Crippen LogP contribution in [0.5, 0.6) is 0 Å². The second-order valence-electron chi connectivity index (χ2n) is 11.1. The van der Waals surface area contributed by atoms with Gasteiger partial charge in [-0.1, -0.05) is 112 Å². The topological polar surface area (TPSA) is 17.1 Å². The lowest BCUT2D eigenvalue weighted by molar-refractivity contribution is 0.639. The highest BCUT2D eigenvalue weighted by Gasteiger charge is 2.34. The van der Waals surface area contributed by atoms with Crippen LogP contribution in [0.15, 0.2) is 121 Å². The van der Waals surface area contributed by atoms with E-state index in [2.05, 4.69) is 113 Å². The lowest BCUT2D eigenvalue weighted by atomic mass is 9.81. The molecule has 2 heteroatoms. The van der Waals surface area contributed by atoms with Gasteiger partial charge in [-0.25, -0.2) is 0 Å². The predicted octanol–water partition coefficient (Wildman–Crippen LogP) is 10.8. The van der Waals surface area contributed by atoms with Crippen LogP contribution in [-0.4, -0.2) is 0 Å². The Labute approximate surface area is 246 Å². The van der Waals surface area contributed by atoms with Crippen molar-refractivity contribution in [2.24, 2.45) is 0 Å². The standard InChI is InChI=1S/C39H32OS/c1-7-31-24(4)39(5,6)35-23-30(16-18-33(31)35)28-15-11-13-26(21-28)25-12-10-14-27(20-25)29-17-19-37-34(22-29)38(40)32(8-2)36(9-3)41-37/h7-23H,1-3H2,4-6H3. The van der Waals surface area contributed by atoms with E-state index in [-0.39, 0.29) is 10.8 Å². The first-order chi connectivity index (χ1) is 19.8. The third-order valence-corrected chi connectivity index (χ3v) is 9.78. The fourth-order valence-corrected chi connectivity index (χ4v) is 6.99. The van der Waals surface area contributed by atoms with Crippen LogP contribution in [0.25, 0.3) is 61.2 Å². The molecule has 1 nitrogen and oxygen atoms in total. The molecule has 6 rings (SSSR count). The summed E-state index contributed by atoms with van der Waals surface area (Å²) in [5, 5.41) is 0.712. The summed E-state index contributed by atoms with van der Waals surface area (Å²) >= 11 is 1.57. The Balaban J connectivity index is 1.39. The lowest BCUT2D eigenvalue weighted by Crippen LogP contribution is -2.15. The number of rotatable bonds is 6. The maximum Gasteiger partial charge on any atom is 0.195 e. The maximum atomic E-state index is 13.2. The minimum Gasteiger partial charge on any atom is -0.289 e. The molecule has 0 N–H and O–H groups in total. The summed E-state index contributed by atoms with van der Waals surface area (Å²) in [6.07, 6.45) is 5.35. The number of benzene rings is 4. The van der Waals surface area contributed by atoms with E-state index in [1.54, 1.807) is 23.5 Å². The fourth-order valence-electron chi connectivity index (χ4n) is 5.99. The first-order valence-electron chi connectivity index (χ1n) is 13.8. The monoisotopic (exact) mass is 548 g/mol. The minimum absolute atomic E-state index is 0.00233. The first kappa shape index (κ1) is 26.7. The van der Waals surface area contributed by atoms with Crippen molar-refractivity contribution in [2.45, 2.75) is 26.2 Å². The molecule has 0 saturated carbocycles. The van der Waals surface area contributed by atoms with Gasteiger partial charge in [0.15, 0.2) is 5.43 Å². The molecule has 1 aliphatic rings. The normalized spacial score (nSPS) is 13.7. The summed E-state index contributed by atoms with van der Waals surface area (Å²) in [7, 11) is 0. The van der Waals surface area contributed by atoms with Crippen LogP contribution >= 0.6 is 11.3 Å². The quantitative estimate of drug-likeness (QED) is 0.206. The molecular weight excluding hydrogens is 516 g/mol. The van der Waals surface area contributed by atoms with Crippen LogP contribution in [0, 0.1) is 0 Å². The number of hydrogen-bond acceptors (Lipinski definition) is 2. The van der Waals surface area contributed by atoms with Gasteiger partial charge in [0.25, 0.3) is 0 Å². The minimum atomic E-state index is -0.0228. The Morgan fingerprint density at radius 3 is 1.80 bits per heavy atom. The van der Waals surface area contributed by atoms with E-state index < -0.39 is 0 Å². The SMILES string of the molecule is C=CC1=C(C)C(C)(C)c2cc(-c3cccc(-c4cccc(-c5ccc6sc(C=C)c(C=C)c(=O)c6c5)c4)c3)ccc21. The maximum absolute atomic E-state index is 13.2. The van der Waals surface area contributed by atoms with Gasteiger partial charge in [-0.3, -0.25) is 4.79 Å². The zero-order chi connectivity index (χ0) is 28.9. The molecule has 0 fully saturated rings. The van der Waals surface area contributed by atoms with Crippen molar-refractivity contribution in [3.8, 4) is 33.4 Å². The van der Waals surface area contributed by atoms with E-state index in [1.165, 1.54) is 33.4 Å².